The molecule has 4 heteroatoms. The summed E-state index contributed by atoms with van der Waals surface area (Å²) in [6.07, 6.45) is 0.475. The maximum Gasteiger partial charge on any atom is 0.220 e. The first-order valence-electron chi connectivity index (χ1n) is 8.39. The Morgan fingerprint density at radius 1 is 1.17 bits per heavy atom. The van der Waals surface area contributed by atoms with E-state index in [0.29, 0.717) is 6.42 Å². The number of para-hydroxylation sites is 2. The SMILES string of the molecule is CCC(=O)N[C@@H](C)c1nc2ccccc2n1Cc1ccccc1C. The first-order chi connectivity index (χ1) is 11.6. The number of nitrogens with one attached hydrogen (secondary N) is 1. The summed E-state index contributed by atoms with van der Waals surface area (Å²) in [4.78, 5) is 16.6. The van der Waals surface area contributed by atoms with Crippen LogP contribution in [0.15, 0.2) is 48.5 Å². The van der Waals surface area contributed by atoms with Crippen molar-refractivity contribution < 1.29 is 4.79 Å². The average molecular weight is 321 g/mol. The molecule has 0 saturated carbocycles. The number of hydrogen-bond donors (Lipinski definition) is 1. The lowest BCUT2D eigenvalue weighted by atomic mass is 10.1. The maximum atomic E-state index is 11.8. The highest BCUT2D eigenvalue weighted by molar-refractivity contribution is 5.78. The van der Waals surface area contributed by atoms with E-state index in [1.54, 1.807) is 0 Å². The predicted molar refractivity (Wildman–Crippen MR) is 96.9 cm³/mol. The van der Waals surface area contributed by atoms with Crippen molar-refractivity contribution in [3.8, 4) is 0 Å². The summed E-state index contributed by atoms with van der Waals surface area (Å²) in [6.45, 7) is 6.72. The zero-order valence-electron chi connectivity index (χ0n) is 14.4. The zero-order valence-corrected chi connectivity index (χ0v) is 14.4. The van der Waals surface area contributed by atoms with Crippen molar-refractivity contribution >= 4 is 16.9 Å². The van der Waals surface area contributed by atoms with Gasteiger partial charge in [0.1, 0.15) is 5.82 Å². The number of carbonyl (C=O) groups is 1. The van der Waals surface area contributed by atoms with Gasteiger partial charge < -0.3 is 9.88 Å². The van der Waals surface area contributed by atoms with Gasteiger partial charge in [0.25, 0.3) is 0 Å². The van der Waals surface area contributed by atoms with Crippen LogP contribution in [0.25, 0.3) is 11.0 Å². The molecule has 24 heavy (non-hydrogen) atoms. The van der Waals surface area contributed by atoms with Gasteiger partial charge in [-0.2, -0.15) is 0 Å². The van der Waals surface area contributed by atoms with Gasteiger partial charge in [-0.25, -0.2) is 4.98 Å². The molecule has 0 unspecified atom stereocenters. The van der Waals surface area contributed by atoms with Crippen molar-refractivity contribution in [3.05, 3.63) is 65.5 Å². The smallest absolute Gasteiger partial charge is 0.220 e. The number of hydrogen-bond acceptors (Lipinski definition) is 2. The van der Waals surface area contributed by atoms with Crippen LogP contribution in [0.4, 0.5) is 0 Å². The van der Waals surface area contributed by atoms with Crippen molar-refractivity contribution in [3.63, 3.8) is 0 Å². The Kier molecular flexibility index (Phi) is 4.65. The fourth-order valence-electron chi connectivity index (χ4n) is 2.96. The van der Waals surface area contributed by atoms with Crippen LogP contribution in [0.2, 0.25) is 0 Å². The standard InChI is InChI=1S/C20H23N3O/c1-4-19(24)21-15(3)20-22-17-11-7-8-12-18(17)23(20)13-16-10-6-5-9-14(16)2/h5-12,15H,4,13H2,1-3H3,(H,21,24)/t15-/m0/s1. The molecule has 3 rings (SSSR count). The zero-order chi connectivity index (χ0) is 17.1. The summed E-state index contributed by atoms with van der Waals surface area (Å²) in [7, 11) is 0. The largest absolute Gasteiger partial charge is 0.346 e. The molecular weight excluding hydrogens is 298 g/mol. The van der Waals surface area contributed by atoms with Gasteiger partial charge in [-0.05, 0) is 37.1 Å². The summed E-state index contributed by atoms with van der Waals surface area (Å²) < 4.78 is 2.21. The molecule has 0 spiro atoms. The number of carbonyl (C=O) groups excluding carboxylic acids is 1. The number of aryl methyl sites for hydroxylation is 1. The molecule has 0 bridgehead atoms. The first-order valence-corrected chi connectivity index (χ1v) is 8.39. The van der Waals surface area contributed by atoms with Gasteiger partial charge in [-0.3, -0.25) is 4.79 Å². The molecule has 0 radical (unpaired) electrons. The minimum Gasteiger partial charge on any atom is -0.346 e. The third-order valence-corrected chi connectivity index (χ3v) is 4.36. The third-order valence-electron chi connectivity index (χ3n) is 4.36. The average Bonchev–Trinajstić information content (AvgIpc) is 2.95. The number of rotatable bonds is 5. The molecule has 1 atom stereocenters. The summed E-state index contributed by atoms with van der Waals surface area (Å²) in [6, 6.07) is 16.4. The van der Waals surface area contributed by atoms with E-state index in [0.717, 1.165) is 23.4 Å². The highest BCUT2D eigenvalue weighted by Crippen LogP contribution is 2.23. The lowest BCUT2D eigenvalue weighted by molar-refractivity contribution is -0.121. The molecule has 1 aromatic heterocycles. The van der Waals surface area contributed by atoms with Gasteiger partial charge in [-0.15, -0.1) is 0 Å². The van der Waals surface area contributed by atoms with Crippen molar-refractivity contribution in [1.29, 1.82) is 0 Å². The Bertz CT molecular complexity index is 866. The molecule has 0 saturated heterocycles. The second-order valence-corrected chi connectivity index (χ2v) is 6.11. The second-order valence-electron chi connectivity index (χ2n) is 6.11. The highest BCUT2D eigenvalue weighted by Gasteiger charge is 2.18. The minimum atomic E-state index is -0.131. The van der Waals surface area contributed by atoms with E-state index < -0.39 is 0 Å². The lowest BCUT2D eigenvalue weighted by Gasteiger charge is -2.17. The third kappa shape index (κ3) is 3.18. The fourth-order valence-corrected chi connectivity index (χ4v) is 2.96. The van der Waals surface area contributed by atoms with Gasteiger partial charge in [0, 0.05) is 13.0 Å². The molecule has 1 N–H and O–H groups in total. The number of amides is 1. The van der Waals surface area contributed by atoms with Crippen LogP contribution < -0.4 is 5.32 Å². The Labute approximate surface area is 142 Å². The van der Waals surface area contributed by atoms with Crippen LogP contribution in [0.3, 0.4) is 0 Å². The van der Waals surface area contributed by atoms with Crippen LogP contribution in [0, 0.1) is 6.92 Å². The maximum absolute atomic E-state index is 11.8. The van der Waals surface area contributed by atoms with Gasteiger partial charge >= 0.3 is 0 Å². The summed E-state index contributed by atoms with van der Waals surface area (Å²) in [5, 5.41) is 3.03. The number of aromatic nitrogens is 2. The Morgan fingerprint density at radius 3 is 2.62 bits per heavy atom. The number of nitrogens with zero attached hydrogens (tertiary/aromatic N) is 2. The van der Waals surface area contributed by atoms with Crippen LogP contribution in [0.5, 0.6) is 0 Å². The molecule has 2 aromatic carbocycles. The lowest BCUT2D eigenvalue weighted by Crippen LogP contribution is -2.28. The Morgan fingerprint density at radius 2 is 1.88 bits per heavy atom. The number of fused-ring (bicyclic) bond motifs is 1. The molecule has 3 aromatic rings. The van der Waals surface area contributed by atoms with E-state index in [-0.39, 0.29) is 11.9 Å². The second kappa shape index (κ2) is 6.87. The van der Waals surface area contributed by atoms with Crippen molar-refractivity contribution in [2.45, 2.75) is 39.8 Å². The van der Waals surface area contributed by atoms with Gasteiger partial charge in [0.05, 0.1) is 17.1 Å². The minimum absolute atomic E-state index is 0.0389. The van der Waals surface area contributed by atoms with Crippen molar-refractivity contribution in [2.24, 2.45) is 0 Å². The molecule has 0 aliphatic rings. The van der Waals surface area contributed by atoms with Gasteiger partial charge in [0.15, 0.2) is 0 Å². The molecular formula is C20H23N3O. The van der Waals surface area contributed by atoms with Crippen molar-refractivity contribution in [2.75, 3.05) is 0 Å². The monoisotopic (exact) mass is 321 g/mol. The van der Waals surface area contributed by atoms with E-state index in [1.165, 1.54) is 11.1 Å². The van der Waals surface area contributed by atoms with Crippen LogP contribution in [-0.2, 0) is 11.3 Å². The quantitative estimate of drug-likeness (QED) is 0.772. The first kappa shape index (κ1) is 16.2. The molecule has 124 valence electrons. The topological polar surface area (TPSA) is 46.9 Å². The fraction of sp³-hybridized carbons (Fsp3) is 0.300. The summed E-state index contributed by atoms with van der Waals surface area (Å²) in [5.41, 5.74) is 4.56. The van der Waals surface area contributed by atoms with Crippen LogP contribution in [0.1, 0.15) is 43.3 Å². The normalized spacial score (nSPS) is 12.3. The van der Waals surface area contributed by atoms with E-state index >= 15 is 0 Å². The molecule has 0 aliphatic heterocycles. The Hall–Kier alpha value is -2.62. The van der Waals surface area contributed by atoms with Gasteiger partial charge in [-0.1, -0.05) is 43.3 Å². The predicted octanol–water partition coefficient (Wildman–Crippen LogP) is 3.98. The summed E-state index contributed by atoms with van der Waals surface area (Å²) >= 11 is 0. The highest BCUT2D eigenvalue weighted by atomic mass is 16.1. The Balaban J connectivity index is 2.05. The molecule has 0 aliphatic carbocycles. The van der Waals surface area contributed by atoms with E-state index in [9.17, 15) is 4.79 Å². The van der Waals surface area contributed by atoms with E-state index in [2.05, 4.69) is 47.1 Å². The van der Waals surface area contributed by atoms with Crippen LogP contribution >= 0.6 is 0 Å². The van der Waals surface area contributed by atoms with Crippen LogP contribution in [-0.4, -0.2) is 15.5 Å². The molecule has 4 nitrogen and oxygen atoms in total. The number of imidazole rings is 1. The molecule has 0 fully saturated rings. The number of benzene rings is 2. The summed E-state index contributed by atoms with van der Waals surface area (Å²) in [5.74, 6) is 0.929. The van der Waals surface area contributed by atoms with E-state index in [4.69, 9.17) is 4.98 Å². The van der Waals surface area contributed by atoms with E-state index in [1.807, 2.05) is 32.0 Å². The molecule has 1 amide bonds. The van der Waals surface area contributed by atoms with Crippen molar-refractivity contribution in [1.82, 2.24) is 14.9 Å². The molecule has 1 heterocycles. The van der Waals surface area contributed by atoms with Gasteiger partial charge in [0.2, 0.25) is 5.91 Å².